The van der Waals surface area contributed by atoms with Crippen LogP contribution in [0.3, 0.4) is 0 Å². The molecule has 192 valence electrons. The van der Waals surface area contributed by atoms with Gasteiger partial charge < -0.3 is 19.3 Å². The number of carbonyl (C=O) groups is 1. The Bertz CT molecular complexity index is 1140. The van der Waals surface area contributed by atoms with E-state index in [1.54, 1.807) is 33.1 Å². The number of hydrogen-bond acceptors (Lipinski definition) is 6. The van der Waals surface area contributed by atoms with Crippen LogP contribution < -0.4 is 4.74 Å². The number of amides is 1. The molecule has 0 N–H and O–H groups in total. The van der Waals surface area contributed by atoms with Crippen LogP contribution in [0.1, 0.15) is 27.8 Å². The number of carbonyl (C=O) groups excluding carboxylic acids is 1. The molecule has 0 unspecified atom stereocenters. The summed E-state index contributed by atoms with van der Waals surface area (Å²) in [6.45, 7) is 5.81. The molecular formula is C26H37N3O5S. The Morgan fingerprint density at radius 1 is 1.06 bits per heavy atom. The monoisotopic (exact) mass is 503 g/mol. The van der Waals surface area contributed by atoms with Crippen molar-refractivity contribution in [3.8, 4) is 5.75 Å². The first-order valence-corrected chi connectivity index (χ1v) is 13.2. The van der Waals surface area contributed by atoms with Gasteiger partial charge in [-0.3, -0.25) is 4.79 Å². The Labute approximate surface area is 209 Å². The van der Waals surface area contributed by atoms with Crippen LogP contribution in [0.15, 0.2) is 35.2 Å². The molecule has 0 bridgehead atoms. The van der Waals surface area contributed by atoms with E-state index in [1.807, 2.05) is 19.0 Å². The molecule has 0 fully saturated rings. The third-order valence-electron chi connectivity index (χ3n) is 6.25. The number of rotatable bonds is 10. The maximum Gasteiger partial charge on any atom is 0.248 e. The largest absolute Gasteiger partial charge is 0.497 e. The predicted molar refractivity (Wildman–Crippen MR) is 136 cm³/mol. The molecule has 0 aliphatic carbocycles. The number of hydrogen-bond donors (Lipinski definition) is 0. The molecule has 2 aromatic carbocycles. The lowest BCUT2D eigenvalue weighted by atomic mass is 9.97. The smallest absolute Gasteiger partial charge is 0.248 e. The fraction of sp³-hybridized carbons (Fsp3) is 0.500. The highest BCUT2D eigenvalue weighted by atomic mass is 32.2. The maximum absolute atomic E-state index is 13.1. The third-order valence-corrected chi connectivity index (χ3v) is 8.41. The van der Waals surface area contributed by atoms with Crippen LogP contribution >= 0.6 is 0 Å². The van der Waals surface area contributed by atoms with Crippen LogP contribution in [0.4, 0.5) is 0 Å². The van der Waals surface area contributed by atoms with E-state index in [2.05, 4.69) is 23.1 Å². The Balaban J connectivity index is 1.52. The van der Waals surface area contributed by atoms with Crippen LogP contribution in [-0.4, -0.2) is 83.0 Å². The Hall–Kier alpha value is -2.46. The average Bonchev–Trinajstić information content (AvgIpc) is 2.79. The summed E-state index contributed by atoms with van der Waals surface area (Å²) in [5.41, 5.74) is 4.95. The van der Waals surface area contributed by atoms with Crippen molar-refractivity contribution in [3.05, 3.63) is 58.1 Å². The summed E-state index contributed by atoms with van der Waals surface area (Å²) in [4.78, 5) is 16.9. The SMILES string of the molecule is COc1cc(C)c(S(=O)(=O)N(C)CCOCC(=O)N2CCc3ccc(CN(C)C)cc3C2)c(C)c1. The van der Waals surface area contributed by atoms with Gasteiger partial charge in [0.2, 0.25) is 15.9 Å². The highest BCUT2D eigenvalue weighted by Gasteiger charge is 2.26. The molecule has 35 heavy (non-hydrogen) atoms. The first kappa shape index (κ1) is 27.1. The molecule has 1 heterocycles. The number of likely N-dealkylation sites (N-methyl/N-ethyl adjacent to an activating group) is 1. The number of fused-ring (bicyclic) bond motifs is 1. The second-order valence-electron chi connectivity index (χ2n) is 9.38. The molecule has 3 rings (SSSR count). The molecule has 9 heteroatoms. The first-order chi connectivity index (χ1) is 16.5. The normalized spacial score (nSPS) is 13.9. The lowest BCUT2D eigenvalue weighted by Crippen LogP contribution is -2.39. The van der Waals surface area contributed by atoms with Gasteiger partial charge in [0.1, 0.15) is 12.4 Å². The van der Waals surface area contributed by atoms with Crippen LogP contribution in [0.25, 0.3) is 0 Å². The van der Waals surface area contributed by atoms with Crippen LogP contribution in [0, 0.1) is 13.8 Å². The quantitative estimate of drug-likeness (QED) is 0.464. The molecule has 1 aliphatic rings. The van der Waals surface area contributed by atoms with Crippen LogP contribution in [-0.2, 0) is 39.1 Å². The fourth-order valence-electron chi connectivity index (χ4n) is 4.44. The summed E-state index contributed by atoms with van der Waals surface area (Å²) < 4.78 is 38.3. The molecule has 8 nitrogen and oxygen atoms in total. The predicted octanol–water partition coefficient (Wildman–Crippen LogP) is 2.60. The number of sulfonamides is 1. The van der Waals surface area contributed by atoms with Crippen molar-refractivity contribution in [2.24, 2.45) is 0 Å². The summed E-state index contributed by atoms with van der Waals surface area (Å²) in [7, 11) is 3.46. The first-order valence-electron chi connectivity index (χ1n) is 11.8. The van der Waals surface area contributed by atoms with Crippen molar-refractivity contribution in [3.63, 3.8) is 0 Å². The van der Waals surface area contributed by atoms with Gasteiger partial charge in [-0.2, -0.15) is 4.31 Å². The summed E-state index contributed by atoms with van der Waals surface area (Å²) >= 11 is 0. The number of nitrogens with zero attached hydrogens (tertiary/aromatic N) is 3. The van der Waals surface area contributed by atoms with Crippen molar-refractivity contribution in [2.75, 3.05) is 54.6 Å². The van der Waals surface area contributed by atoms with Crippen molar-refractivity contribution in [1.29, 1.82) is 0 Å². The third kappa shape index (κ3) is 6.61. The van der Waals surface area contributed by atoms with Crippen LogP contribution in [0.5, 0.6) is 5.75 Å². The molecule has 1 aliphatic heterocycles. The highest BCUT2D eigenvalue weighted by molar-refractivity contribution is 7.89. The topological polar surface area (TPSA) is 79.4 Å². The second kappa shape index (κ2) is 11.5. The molecule has 0 atom stereocenters. The molecule has 2 aromatic rings. The number of aryl methyl sites for hydroxylation is 2. The summed E-state index contributed by atoms with van der Waals surface area (Å²) in [5, 5.41) is 0. The van der Waals surface area contributed by atoms with Crippen LogP contribution in [0.2, 0.25) is 0 Å². The minimum absolute atomic E-state index is 0.0683. The van der Waals surface area contributed by atoms with Crippen molar-refractivity contribution >= 4 is 15.9 Å². The molecular weight excluding hydrogens is 466 g/mol. The van der Waals surface area contributed by atoms with E-state index >= 15 is 0 Å². The lowest BCUT2D eigenvalue weighted by Gasteiger charge is -2.29. The minimum atomic E-state index is -3.69. The average molecular weight is 504 g/mol. The van der Waals surface area contributed by atoms with Gasteiger partial charge in [0.15, 0.2) is 0 Å². The van der Waals surface area contributed by atoms with E-state index in [0.717, 1.165) is 13.0 Å². The van der Waals surface area contributed by atoms with E-state index in [0.29, 0.717) is 30.0 Å². The standard InChI is InChI=1S/C26H37N3O5S/c1-19-13-24(33-6)14-20(2)26(19)35(31,32)28(5)11-12-34-18-25(30)29-10-9-22-8-7-21(16-27(3)4)15-23(22)17-29/h7-8,13-15H,9-12,16-18H2,1-6H3. The summed E-state index contributed by atoms with van der Waals surface area (Å²) in [6.07, 6.45) is 0.824. The zero-order valence-corrected chi connectivity index (χ0v) is 22.4. The van der Waals surface area contributed by atoms with Gasteiger partial charge in [0.25, 0.3) is 0 Å². The molecule has 1 amide bonds. The molecule has 0 saturated carbocycles. The molecule has 0 radical (unpaired) electrons. The summed E-state index contributed by atoms with van der Waals surface area (Å²) in [5.74, 6) is 0.540. The summed E-state index contributed by atoms with van der Waals surface area (Å²) in [6, 6.07) is 9.92. The van der Waals surface area contributed by atoms with E-state index in [9.17, 15) is 13.2 Å². The Morgan fingerprint density at radius 3 is 2.37 bits per heavy atom. The number of ether oxygens (including phenoxy) is 2. The highest BCUT2D eigenvalue weighted by Crippen LogP contribution is 2.27. The van der Waals surface area contributed by atoms with Crippen molar-refractivity contribution < 1.29 is 22.7 Å². The maximum atomic E-state index is 13.1. The lowest BCUT2D eigenvalue weighted by molar-refractivity contribution is -0.137. The van der Waals surface area contributed by atoms with E-state index < -0.39 is 10.0 Å². The fourth-order valence-corrected chi connectivity index (χ4v) is 6.00. The molecule has 0 aromatic heterocycles. The number of methoxy groups -OCH3 is 1. The van der Waals surface area contributed by atoms with E-state index in [-0.39, 0.29) is 30.6 Å². The zero-order chi connectivity index (χ0) is 25.8. The van der Waals surface area contributed by atoms with Crippen molar-refractivity contribution in [1.82, 2.24) is 14.1 Å². The van der Waals surface area contributed by atoms with Gasteiger partial charge in [-0.15, -0.1) is 0 Å². The molecule has 0 saturated heterocycles. The van der Waals surface area contributed by atoms with Gasteiger partial charge in [0, 0.05) is 33.2 Å². The van der Waals surface area contributed by atoms with E-state index in [4.69, 9.17) is 9.47 Å². The Morgan fingerprint density at radius 2 is 1.74 bits per heavy atom. The van der Waals surface area contributed by atoms with Gasteiger partial charge in [-0.05, 0) is 74.3 Å². The minimum Gasteiger partial charge on any atom is -0.497 e. The van der Waals surface area contributed by atoms with Crippen molar-refractivity contribution in [2.45, 2.75) is 38.3 Å². The van der Waals surface area contributed by atoms with Gasteiger partial charge >= 0.3 is 0 Å². The Kier molecular flexibility index (Phi) is 8.93. The van der Waals surface area contributed by atoms with Gasteiger partial charge in [0.05, 0.1) is 18.6 Å². The zero-order valence-electron chi connectivity index (χ0n) is 21.6. The van der Waals surface area contributed by atoms with Gasteiger partial charge in [-0.25, -0.2) is 8.42 Å². The molecule has 0 spiro atoms. The number of benzene rings is 2. The van der Waals surface area contributed by atoms with E-state index in [1.165, 1.54) is 28.0 Å². The second-order valence-corrected chi connectivity index (χ2v) is 11.4. The van der Waals surface area contributed by atoms with Gasteiger partial charge in [-0.1, -0.05) is 18.2 Å².